The first-order valence-electron chi connectivity index (χ1n) is 10.4. The second-order valence-corrected chi connectivity index (χ2v) is 11.4. The van der Waals surface area contributed by atoms with E-state index < -0.39 is 15.4 Å². The van der Waals surface area contributed by atoms with Crippen LogP contribution in [0.2, 0.25) is 0 Å². The number of sulfonamides is 1. The van der Waals surface area contributed by atoms with Crippen LogP contribution >= 0.6 is 0 Å². The molecule has 0 atom stereocenters. The number of ketones is 1. The minimum Gasteiger partial charge on any atom is -0.342 e. The summed E-state index contributed by atoms with van der Waals surface area (Å²) < 4.78 is 27.8. The summed E-state index contributed by atoms with van der Waals surface area (Å²) in [5.41, 5.74) is 2.29. The van der Waals surface area contributed by atoms with Crippen LogP contribution in [0.3, 0.4) is 0 Å². The highest BCUT2D eigenvalue weighted by molar-refractivity contribution is 7.89. The molecule has 0 radical (unpaired) electrons. The van der Waals surface area contributed by atoms with E-state index in [0.29, 0.717) is 43.8 Å². The van der Waals surface area contributed by atoms with Crippen molar-refractivity contribution in [3.63, 3.8) is 0 Å². The molecular weight excluding hydrogens is 400 g/mol. The first-order valence-corrected chi connectivity index (χ1v) is 11.9. The molecule has 0 unspecified atom stereocenters. The number of Topliss-reactive ketones (excluding diaryl/α,β-unsaturated/α-hetero) is 1. The summed E-state index contributed by atoms with van der Waals surface area (Å²) in [7, 11) is -3.55. The number of azo groups is 1. The van der Waals surface area contributed by atoms with Gasteiger partial charge in [-0.2, -0.15) is 9.42 Å². The Balaban J connectivity index is 1.50. The quantitative estimate of drug-likeness (QED) is 0.785. The molecule has 30 heavy (non-hydrogen) atoms. The Morgan fingerprint density at radius 2 is 1.77 bits per heavy atom. The molecule has 4 aliphatic rings. The van der Waals surface area contributed by atoms with E-state index in [2.05, 4.69) is 29.4 Å². The van der Waals surface area contributed by atoms with E-state index >= 15 is 0 Å². The molecule has 1 spiro atoms. The summed E-state index contributed by atoms with van der Waals surface area (Å²) in [5, 5.41) is 11.9. The van der Waals surface area contributed by atoms with Gasteiger partial charge in [-0.3, -0.25) is 4.79 Å². The Labute approximate surface area is 177 Å². The van der Waals surface area contributed by atoms with Gasteiger partial charge in [0, 0.05) is 41.8 Å². The van der Waals surface area contributed by atoms with Gasteiger partial charge < -0.3 is 5.32 Å². The van der Waals surface area contributed by atoms with Crippen molar-refractivity contribution < 1.29 is 13.2 Å². The first kappa shape index (κ1) is 19.6. The van der Waals surface area contributed by atoms with Gasteiger partial charge in [0.1, 0.15) is 0 Å². The van der Waals surface area contributed by atoms with Crippen LogP contribution in [0.5, 0.6) is 0 Å². The van der Waals surface area contributed by atoms with Gasteiger partial charge in [-0.1, -0.05) is 32.0 Å². The molecule has 1 saturated heterocycles. The molecule has 7 nitrogen and oxygen atoms in total. The molecule has 5 rings (SSSR count). The number of allylic oxidation sites excluding steroid dienone is 2. The van der Waals surface area contributed by atoms with Crippen LogP contribution < -0.4 is 5.32 Å². The zero-order chi connectivity index (χ0) is 21.1. The van der Waals surface area contributed by atoms with Gasteiger partial charge in [0.05, 0.1) is 11.4 Å². The predicted octanol–water partition coefficient (Wildman–Crippen LogP) is 3.38. The largest absolute Gasteiger partial charge is 0.342 e. The van der Waals surface area contributed by atoms with Crippen LogP contribution in [0.1, 0.15) is 39.5 Å². The summed E-state index contributed by atoms with van der Waals surface area (Å²) >= 11 is 0. The maximum Gasteiger partial charge on any atom is 0.243 e. The number of piperidine rings is 1. The summed E-state index contributed by atoms with van der Waals surface area (Å²) in [6, 6.07) is 8.55. The minimum absolute atomic E-state index is 0.102. The van der Waals surface area contributed by atoms with E-state index in [-0.39, 0.29) is 11.2 Å². The lowest BCUT2D eigenvalue weighted by molar-refractivity contribution is -0.119. The van der Waals surface area contributed by atoms with Crippen molar-refractivity contribution >= 4 is 15.8 Å². The molecule has 0 bridgehead atoms. The molecule has 0 aromatic heterocycles. The van der Waals surface area contributed by atoms with Crippen LogP contribution in [0.25, 0.3) is 0 Å². The molecule has 3 heterocycles. The van der Waals surface area contributed by atoms with Gasteiger partial charge >= 0.3 is 0 Å². The number of fused-ring (bicyclic) bond motifs is 2. The van der Waals surface area contributed by atoms with Crippen LogP contribution in [-0.2, 0) is 14.8 Å². The molecule has 1 aliphatic carbocycles. The van der Waals surface area contributed by atoms with Gasteiger partial charge in [0.2, 0.25) is 10.0 Å². The Bertz CT molecular complexity index is 1110. The molecule has 1 N–H and O–H groups in total. The third-order valence-corrected chi connectivity index (χ3v) is 8.76. The number of hydrogen-bond donors (Lipinski definition) is 1. The number of nitrogens with zero attached hydrogens (tertiary/aromatic N) is 3. The molecule has 8 heteroatoms. The fourth-order valence-electron chi connectivity index (χ4n) is 5.47. The lowest BCUT2D eigenvalue weighted by Gasteiger charge is -2.48. The number of carbonyl (C=O) groups excluding carboxylic acids is 1. The number of hydrogen-bond acceptors (Lipinski definition) is 6. The topological polar surface area (TPSA) is 91.2 Å². The van der Waals surface area contributed by atoms with Gasteiger partial charge in [-0.15, -0.1) is 5.11 Å². The highest BCUT2D eigenvalue weighted by Crippen LogP contribution is 2.55. The molecule has 3 aliphatic heterocycles. The smallest absolute Gasteiger partial charge is 0.243 e. The third kappa shape index (κ3) is 2.88. The van der Waals surface area contributed by atoms with Crippen LogP contribution in [-0.4, -0.2) is 38.1 Å². The van der Waals surface area contributed by atoms with Crippen molar-refractivity contribution in [3.8, 4) is 0 Å². The summed E-state index contributed by atoms with van der Waals surface area (Å²) in [4.78, 5) is 13.6. The Morgan fingerprint density at radius 1 is 1.07 bits per heavy atom. The molecule has 1 fully saturated rings. The summed E-state index contributed by atoms with van der Waals surface area (Å²) in [6.45, 7) is 5.44. The maximum absolute atomic E-state index is 13.3. The van der Waals surface area contributed by atoms with E-state index in [9.17, 15) is 13.2 Å². The number of nitrogens with one attached hydrogen (secondary N) is 1. The van der Waals surface area contributed by atoms with Crippen LogP contribution in [0.4, 0.5) is 0 Å². The van der Waals surface area contributed by atoms with E-state index in [1.54, 1.807) is 28.6 Å². The lowest BCUT2D eigenvalue weighted by Crippen LogP contribution is -2.50. The minimum atomic E-state index is -3.55. The molecule has 158 valence electrons. The monoisotopic (exact) mass is 426 g/mol. The van der Waals surface area contributed by atoms with Crippen molar-refractivity contribution in [1.29, 1.82) is 0 Å². The first-order chi connectivity index (χ1) is 14.2. The van der Waals surface area contributed by atoms with Gasteiger partial charge in [-0.05, 0) is 36.8 Å². The van der Waals surface area contributed by atoms with Crippen molar-refractivity contribution in [2.24, 2.45) is 21.1 Å². The van der Waals surface area contributed by atoms with Gasteiger partial charge in [0.25, 0.3) is 0 Å². The van der Waals surface area contributed by atoms with Crippen LogP contribution in [0, 0.1) is 10.8 Å². The highest BCUT2D eigenvalue weighted by atomic mass is 32.2. The molecular formula is C22H26N4O3S. The number of benzene rings is 1. The SMILES string of the molecule is CC1(C)CC(=O)C2=C(C1)NC1=C(CN=N1)C21CCN(S(=O)(=O)c2ccccc2)CC1. The molecule has 1 aromatic rings. The molecule has 1 aromatic carbocycles. The fraction of sp³-hybridized carbons (Fsp3) is 0.500. The highest BCUT2D eigenvalue weighted by Gasteiger charge is 2.53. The van der Waals surface area contributed by atoms with E-state index in [1.807, 2.05) is 6.07 Å². The predicted molar refractivity (Wildman–Crippen MR) is 112 cm³/mol. The van der Waals surface area contributed by atoms with Crippen molar-refractivity contribution in [3.05, 3.63) is 53.0 Å². The Morgan fingerprint density at radius 3 is 2.47 bits per heavy atom. The number of rotatable bonds is 2. The average Bonchev–Trinajstić information content (AvgIpc) is 3.17. The van der Waals surface area contributed by atoms with Gasteiger partial charge in [0.15, 0.2) is 11.6 Å². The third-order valence-electron chi connectivity index (χ3n) is 6.84. The number of dihydropyridines is 1. The Kier molecular flexibility index (Phi) is 4.31. The van der Waals surface area contributed by atoms with Gasteiger partial charge in [-0.25, -0.2) is 8.42 Å². The van der Waals surface area contributed by atoms with Crippen molar-refractivity contribution in [2.45, 2.75) is 44.4 Å². The van der Waals surface area contributed by atoms with E-state index in [1.165, 1.54) is 0 Å². The maximum atomic E-state index is 13.3. The lowest BCUT2D eigenvalue weighted by atomic mass is 9.60. The summed E-state index contributed by atoms with van der Waals surface area (Å²) in [5.74, 6) is 0.935. The zero-order valence-electron chi connectivity index (χ0n) is 17.3. The zero-order valence-corrected chi connectivity index (χ0v) is 18.1. The van der Waals surface area contributed by atoms with E-state index in [4.69, 9.17) is 0 Å². The molecule has 0 amide bonds. The Hall–Kier alpha value is -2.32. The van der Waals surface area contributed by atoms with Crippen molar-refractivity contribution in [1.82, 2.24) is 9.62 Å². The van der Waals surface area contributed by atoms with E-state index in [0.717, 1.165) is 29.1 Å². The second kappa shape index (κ2) is 6.59. The average molecular weight is 427 g/mol. The normalized spacial score (nSPS) is 25.3. The molecule has 0 saturated carbocycles. The fourth-order valence-corrected chi connectivity index (χ4v) is 6.93. The van der Waals surface area contributed by atoms with Crippen molar-refractivity contribution in [2.75, 3.05) is 19.6 Å². The van der Waals surface area contributed by atoms with Crippen LogP contribution in [0.15, 0.2) is 68.1 Å². The summed E-state index contributed by atoms with van der Waals surface area (Å²) in [6.07, 6.45) is 2.46. The second-order valence-electron chi connectivity index (χ2n) is 9.45. The standard InChI is InChI=1S/C22H26N4O3S/c1-21(2)12-17-19(18(27)13-21)22(16-14-23-25-20(16)24-17)8-10-26(11-9-22)30(28,29)15-6-4-3-5-7-15/h3-7,24H,8-14H2,1-2H3. The number of carbonyl (C=O) groups is 1.